The smallest absolute Gasteiger partial charge is 0.369 e. The van der Waals surface area contributed by atoms with Gasteiger partial charge in [0.1, 0.15) is 0 Å². The summed E-state index contributed by atoms with van der Waals surface area (Å²) >= 11 is 0. The Morgan fingerprint density at radius 1 is 1.23 bits per heavy atom. The number of hydrogen-bond donors (Lipinski definition) is 7. The van der Waals surface area contributed by atoms with Gasteiger partial charge in [-0.1, -0.05) is 11.2 Å². The molecule has 0 unspecified atom stereocenters. The first-order valence-corrected chi connectivity index (χ1v) is 10.3. The maximum absolute atomic E-state index is 12.5. The highest BCUT2D eigenvalue weighted by Gasteiger charge is 2.31. The third-order valence-electron chi connectivity index (χ3n) is 4.86. The van der Waals surface area contributed by atoms with E-state index in [1.165, 1.54) is 13.2 Å². The number of aliphatic hydroxyl groups is 3. The second-order valence-electron chi connectivity index (χ2n) is 7.58. The highest BCUT2D eigenvalue weighted by Crippen LogP contribution is 2.38. The number of para-hydroxylation sites is 1. The summed E-state index contributed by atoms with van der Waals surface area (Å²) in [6, 6.07) is 6.24. The molecule has 2 aromatic heterocycles. The lowest BCUT2D eigenvalue weighted by atomic mass is 10.1. The van der Waals surface area contributed by atoms with Crippen LogP contribution in [0.25, 0.3) is 11.5 Å². The number of anilines is 3. The van der Waals surface area contributed by atoms with Crippen molar-refractivity contribution in [3.8, 4) is 17.2 Å². The molecule has 0 aliphatic heterocycles. The van der Waals surface area contributed by atoms with Gasteiger partial charge in [-0.3, -0.25) is 14.9 Å². The first kappa shape index (κ1) is 24.0. The van der Waals surface area contributed by atoms with Crippen LogP contribution in [0.3, 0.4) is 0 Å². The number of hydrogen-bond acceptors (Lipinski definition) is 13. The van der Waals surface area contributed by atoms with E-state index in [2.05, 4.69) is 31.0 Å². The zero-order valence-corrected chi connectivity index (χ0v) is 18.3. The molecule has 1 aromatic carbocycles. The van der Waals surface area contributed by atoms with Crippen LogP contribution in [0.1, 0.15) is 29.2 Å². The number of amides is 2. The minimum Gasteiger partial charge on any atom is -0.494 e. The summed E-state index contributed by atoms with van der Waals surface area (Å²) in [5.41, 5.74) is 5.85. The summed E-state index contributed by atoms with van der Waals surface area (Å²) in [6.07, 6.45) is -1.96. The predicted molar refractivity (Wildman–Crippen MR) is 118 cm³/mol. The first-order valence-electron chi connectivity index (χ1n) is 10.3. The fraction of sp³-hybridized carbons (Fsp3) is 0.300. The van der Waals surface area contributed by atoms with Gasteiger partial charge in [-0.15, -0.1) is 10.2 Å². The maximum atomic E-state index is 12.5. The van der Waals surface area contributed by atoms with Gasteiger partial charge in [0.15, 0.2) is 23.1 Å². The van der Waals surface area contributed by atoms with E-state index < -0.39 is 17.7 Å². The van der Waals surface area contributed by atoms with E-state index in [9.17, 15) is 9.59 Å². The molecule has 35 heavy (non-hydrogen) atoms. The summed E-state index contributed by atoms with van der Waals surface area (Å²) in [7, 11) is 1.40. The van der Waals surface area contributed by atoms with E-state index in [4.69, 9.17) is 30.3 Å². The van der Waals surface area contributed by atoms with Crippen molar-refractivity contribution in [1.82, 2.24) is 25.7 Å². The molecule has 0 atom stereocenters. The molecule has 184 valence electrons. The Balaban J connectivity index is 1.72. The molecular formula is C20H22N8O7. The number of nitrogens with one attached hydrogen (secondary N) is 3. The average molecular weight is 486 g/mol. The summed E-state index contributed by atoms with van der Waals surface area (Å²) in [6.45, 7) is 0.0718. The Hall–Kier alpha value is -4.18. The molecule has 3 aromatic rings. The molecule has 0 saturated heterocycles. The Morgan fingerprint density at radius 3 is 2.63 bits per heavy atom. The number of rotatable bonds is 9. The number of methoxy groups -OCH3 is 1. The van der Waals surface area contributed by atoms with Crippen molar-refractivity contribution in [3.05, 3.63) is 35.8 Å². The molecule has 8 N–H and O–H groups in total. The Kier molecular flexibility index (Phi) is 6.57. The molecule has 0 radical (unpaired) electrons. The second kappa shape index (κ2) is 9.59. The molecule has 1 aliphatic carbocycles. The Morgan fingerprint density at radius 2 is 2.00 bits per heavy atom. The van der Waals surface area contributed by atoms with Gasteiger partial charge in [-0.2, -0.15) is 4.98 Å². The Bertz CT molecular complexity index is 1250. The van der Waals surface area contributed by atoms with Crippen molar-refractivity contribution < 1.29 is 34.2 Å². The van der Waals surface area contributed by atoms with Crippen LogP contribution in [-0.4, -0.2) is 60.7 Å². The van der Waals surface area contributed by atoms with E-state index in [0.717, 1.165) is 12.8 Å². The lowest BCUT2D eigenvalue weighted by molar-refractivity contribution is -0.323. The van der Waals surface area contributed by atoms with Crippen LogP contribution >= 0.6 is 0 Å². The minimum absolute atomic E-state index is 0.00327. The van der Waals surface area contributed by atoms with Gasteiger partial charge < -0.3 is 40.9 Å². The molecule has 1 aliphatic rings. The van der Waals surface area contributed by atoms with Crippen molar-refractivity contribution in [1.29, 1.82) is 0 Å². The summed E-state index contributed by atoms with van der Waals surface area (Å²) in [5.74, 6) is -0.800. The van der Waals surface area contributed by atoms with Crippen LogP contribution in [0.15, 0.2) is 28.8 Å². The summed E-state index contributed by atoms with van der Waals surface area (Å²) in [5, 5.41) is 45.9. The van der Waals surface area contributed by atoms with Crippen LogP contribution in [-0.2, 0) is 11.3 Å². The van der Waals surface area contributed by atoms with Crippen molar-refractivity contribution in [2.45, 2.75) is 25.5 Å². The topological polar surface area (TPSA) is 231 Å². The largest absolute Gasteiger partial charge is 0.494 e. The van der Waals surface area contributed by atoms with Crippen molar-refractivity contribution in [2.75, 3.05) is 17.7 Å². The third kappa shape index (κ3) is 5.67. The number of carbonyl (C=O) groups is 2. The molecular weight excluding hydrogens is 464 g/mol. The van der Waals surface area contributed by atoms with Gasteiger partial charge in [-0.05, 0) is 25.0 Å². The quantitative estimate of drug-likeness (QED) is 0.188. The van der Waals surface area contributed by atoms with Crippen LogP contribution < -0.4 is 26.4 Å². The van der Waals surface area contributed by atoms with Gasteiger partial charge in [0.25, 0.3) is 11.8 Å². The SMILES string of the molecule is COc1c(Nc2cc(NC(=O)C3CC3)nnc2C(=O)NC(O)(O)O)cccc1-c1nc(CN)no1. The lowest BCUT2D eigenvalue weighted by Gasteiger charge is -2.18. The lowest BCUT2D eigenvalue weighted by Crippen LogP contribution is -2.48. The van der Waals surface area contributed by atoms with Gasteiger partial charge >= 0.3 is 6.10 Å². The Labute approximate surface area is 197 Å². The molecule has 0 bridgehead atoms. The average Bonchev–Trinajstić information content (AvgIpc) is 3.55. The van der Waals surface area contributed by atoms with Gasteiger partial charge in [-0.25, -0.2) is 0 Å². The van der Waals surface area contributed by atoms with Crippen molar-refractivity contribution >= 4 is 29.0 Å². The van der Waals surface area contributed by atoms with Crippen LogP contribution in [0.2, 0.25) is 0 Å². The zero-order chi connectivity index (χ0) is 25.2. The number of carbonyl (C=O) groups excluding carboxylic acids is 2. The number of benzene rings is 1. The highest BCUT2D eigenvalue weighted by molar-refractivity contribution is 6.00. The molecule has 4 rings (SSSR count). The van der Waals surface area contributed by atoms with Crippen molar-refractivity contribution in [3.63, 3.8) is 0 Å². The van der Waals surface area contributed by atoms with E-state index in [1.807, 2.05) is 0 Å². The number of nitrogens with zero attached hydrogens (tertiary/aromatic N) is 4. The van der Waals surface area contributed by atoms with Gasteiger partial charge in [0.05, 0.1) is 30.6 Å². The highest BCUT2D eigenvalue weighted by atomic mass is 16.7. The number of ether oxygens (including phenoxy) is 1. The van der Waals surface area contributed by atoms with Crippen LogP contribution in [0, 0.1) is 5.92 Å². The molecule has 15 nitrogen and oxygen atoms in total. The van der Waals surface area contributed by atoms with E-state index in [-0.39, 0.29) is 47.3 Å². The van der Waals surface area contributed by atoms with Gasteiger partial charge in [0, 0.05) is 12.0 Å². The predicted octanol–water partition coefficient (Wildman–Crippen LogP) is -0.596. The third-order valence-corrected chi connectivity index (χ3v) is 4.86. The minimum atomic E-state index is -3.49. The van der Waals surface area contributed by atoms with E-state index in [1.54, 1.807) is 23.5 Å². The second-order valence-corrected chi connectivity index (χ2v) is 7.58. The fourth-order valence-corrected chi connectivity index (χ4v) is 3.12. The molecule has 2 amide bonds. The molecule has 2 heterocycles. The zero-order valence-electron chi connectivity index (χ0n) is 18.3. The molecule has 1 saturated carbocycles. The first-order chi connectivity index (χ1) is 16.7. The standard InChI is InChI=1S/C20H22N8O7/c1-34-16-10(19-24-14(8-21)28-35-19)3-2-4-11(16)22-12-7-13(23-17(29)9-5-6-9)26-27-15(12)18(30)25-20(31,32)33/h2-4,7,9,31-33H,5-6,8,21H2,1H3,(H,25,30)(H2,22,23,26,29). The summed E-state index contributed by atoms with van der Waals surface area (Å²) in [4.78, 5) is 28.8. The monoisotopic (exact) mass is 486 g/mol. The maximum Gasteiger partial charge on any atom is 0.369 e. The molecule has 0 spiro atoms. The van der Waals surface area contributed by atoms with E-state index in [0.29, 0.717) is 11.3 Å². The molecule has 1 fully saturated rings. The van der Waals surface area contributed by atoms with Gasteiger partial charge in [0.2, 0.25) is 5.91 Å². The summed E-state index contributed by atoms with van der Waals surface area (Å²) < 4.78 is 10.7. The van der Waals surface area contributed by atoms with Crippen LogP contribution in [0.4, 0.5) is 17.2 Å². The van der Waals surface area contributed by atoms with Crippen LogP contribution in [0.5, 0.6) is 5.75 Å². The van der Waals surface area contributed by atoms with Crippen molar-refractivity contribution in [2.24, 2.45) is 11.7 Å². The molecule has 15 heteroatoms. The van der Waals surface area contributed by atoms with E-state index >= 15 is 0 Å². The number of nitrogens with two attached hydrogens (primary N) is 1. The normalized spacial score (nSPS) is 13.3. The number of aromatic nitrogens is 4. The fourth-order valence-electron chi connectivity index (χ4n) is 3.12.